The van der Waals surface area contributed by atoms with Gasteiger partial charge in [0, 0.05) is 23.5 Å². The van der Waals surface area contributed by atoms with Crippen molar-refractivity contribution in [3.05, 3.63) is 60.8 Å². The molecule has 0 aliphatic rings. The lowest BCUT2D eigenvalue weighted by molar-refractivity contribution is 0.380. The van der Waals surface area contributed by atoms with Gasteiger partial charge in [0.1, 0.15) is 11.6 Å². The van der Waals surface area contributed by atoms with Gasteiger partial charge >= 0.3 is 0 Å². The maximum atomic E-state index is 12.5. The van der Waals surface area contributed by atoms with Crippen molar-refractivity contribution in [3.63, 3.8) is 0 Å². The number of alkyl halides is 1. The zero-order chi connectivity index (χ0) is 19.1. The first-order chi connectivity index (χ1) is 12.5. The topological polar surface area (TPSA) is 76.4 Å². The number of anilines is 1. The molecule has 0 aromatic carbocycles. The number of allylic oxidation sites excluding steroid dienone is 4. The van der Waals surface area contributed by atoms with Crippen LogP contribution < -0.4 is 5.73 Å². The van der Waals surface area contributed by atoms with Gasteiger partial charge in [-0.05, 0) is 24.8 Å². The zero-order valence-corrected chi connectivity index (χ0v) is 15.0. The fourth-order valence-corrected chi connectivity index (χ4v) is 2.69. The summed E-state index contributed by atoms with van der Waals surface area (Å²) in [7, 11) is 0. The molecule has 2 heterocycles. The molecular formula is C20H25FN4O. The molecule has 0 spiro atoms. The lowest BCUT2D eigenvalue weighted by atomic mass is 9.99. The molecule has 0 fully saturated rings. The highest BCUT2D eigenvalue weighted by atomic mass is 19.1. The molecule has 26 heavy (non-hydrogen) atoms. The molecule has 5 nitrogen and oxygen atoms in total. The Morgan fingerprint density at radius 2 is 2.12 bits per heavy atom. The van der Waals surface area contributed by atoms with Gasteiger partial charge in [0.05, 0.1) is 12.4 Å². The Labute approximate surface area is 153 Å². The average Bonchev–Trinajstić information content (AvgIpc) is 3.03. The van der Waals surface area contributed by atoms with Crippen molar-refractivity contribution in [2.75, 3.05) is 12.4 Å². The minimum atomic E-state index is -0.295. The summed E-state index contributed by atoms with van der Waals surface area (Å²) in [6, 6.07) is 0. The number of aliphatic hydroxyl groups is 1. The van der Waals surface area contributed by atoms with Crippen LogP contribution in [0.5, 0.6) is 0 Å². The number of rotatable bonds is 9. The number of fused-ring (bicyclic) bond motifs is 1. The second-order valence-electron chi connectivity index (χ2n) is 6.01. The Balaban J connectivity index is 2.32. The number of imidazole rings is 1. The third-order valence-corrected chi connectivity index (χ3v) is 4.32. The Morgan fingerprint density at radius 3 is 2.73 bits per heavy atom. The van der Waals surface area contributed by atoms with Gasteiger partial charge in [0.15, 0.2) is 0 Å². The highest BCUT2D eigenvalue weighted by Crippen LogP contribution is 2.21. The lowest BCUT2D eigenvalue weighted by Crippen LogP contribution is -1.99. The van der Waals surface area contributed by atoms with Crippen LogP contribution in [0.3, 0.4) is 0 Å². The van der Waals surface area contributed by atoms with Gasteiger partial charge in [0.25, 0.3) is 0 Å². The molecule has 138 valence electrons. The normalized spacial score (nSPS) is 13.8. The number of nitrogen functional groups attached to an aromatic ring is 1. The van der Waals surface area contributed by atoms with Gasteiger partial charge in [-0.2, -0.15) is 4.98 Å². The van der Waals surface area contributed by atoms with Crippen molar-refractivity contribution in [1.82, 2.24) is 14.4 Å². The third kappa shape index (κ3) is 4.39. The number of aromatic nitrogens is 3. The van der Waals surface area contributed by atoms with Crippen LogP contribution in [0.25, 0.3) is 17.4 Å². The zero-order valence-electron chi connectivity index (χ0n) is 15.0. The maximum Gasteiger partial charge on any atom is 0.236 e. The number of hydrogen-bond acceptors (Lipinski definition) is 4. The van der Waals surface area contributed by atoms with Gasteiger partial charge in [0.2, 0.25) is 5.78 Å². The van der Waals surface area contributed by atoms with Crippen LogP contribution in [0.2, 0.25) is 0 Å². The highest BCUT2D eigenvalue weighted by Gasteiger charge is 2.11. The van der Waals surface area contributed by atoms with E-state index in [1.165, 1.54) is 12.2 Å². The van der Waals surface area contributed by atoms with Crippen LogP contribution in [-0.4, -0.2) is 26.1 Å². The molecular weight excluding hydrogens is 331 g/mol. The van der Waals surface area contributed by atoms with Crippen LogP contribution in [-0.2, 0) is 0 Å². The molecule has 0 radical (unpaired) electrons. The second-order valence-corrected chi connectivity index (χ2v) is 6.01. The quantitative estimate of drug-likeness (QED) is 0.502. The van der Waals surface area contributed by atoms with Crippen LogP contribution >= 0.6 is 0 Å². The third-order valence-electron chi connectivity index (χ3n) is 4.32. The van der Waals surface area contributed by atoms with E-state index in [1.807, 2.05) is 18.3 Å². The van der Waals surface area contributed by atoms with Gasteiger partial charge in [-0.3, -0.25) is 8.79 Å². The lowest BCUT2D eigenvalue weighted by Gasteiger charge is -2.09. The molecule has 1 atom stereocenters. The van der Waals surface area contributed by atoms with Crippen molar-refractivity contribution >= 4 is 23.2 Å². The Bertz CT molecular complexity index is 851. The number of nitrogens with zero attached hydrogens (tertiary/aromatic N) is 3. The Morgan fingerprint density at radius 1 is 1.35 bits per heavy atom. The van der Waals surface area contributed by atoms with E-state index in [9.17, 15) is 9.50 Å². The van der Waals surface area contributed by atoms with E-state index in [1.54, 1.807) is 10.6 Å². The molecule has 0 saturated heterocycles. The van der Waals surface area contributed by atoms with E-state index in [4.69, 9.17) is 5.73 Å². The number of hydrogen-bond donors (Lipinski definition) is 2. The van der Waals surface area contributed by atoms with Crippen LogP contribution in [0.1, 0.15) is 37.4 Å². The maximum absolute atomic E-state index is 12.5. The predicted molar refractivity (Wildman–Crippen MR) is 105 cm³/mol. The van der Waals surface area contributed by atoms with Crippen LogP contribution in [0.15, 0.2) is 49.5 Å². The summed E-state index contributed by atoms with van der Waals surface area (Å²) in [4.78, 5) is 8.68. The molecule has 2 rings (SSSR count). The summed E-state index contributed by atoms with van der Waals surface area (Å²) in [5.74, 6) is 1.11. The summed E-state index contributed by atoms with van der Waals surface area (Å²) >= 11 is 0. The van der Waals surface area contributed by atoms with E-state index in [0.717, 1.165) is 18.4 Å². The SMILES string of the molecule is C=C/C(O)=C(\C=C)c1cn2cc(/C=C/CC(CC)CCF)c(N)nc2n1. The molecule has 2 aromatic rings. The Hall–Kier alpha value is -2.89. The van der Waals surface area contributed by atoms with E-state index in [2.05, 4.69) is 30.0 Å². The fourth-order valence-electron chi connectivity index (χ4n) is 2.69. The smallest absolute Gasteiger partial charge is 0.236 e. The summed E-state index contributed by atoms with van der Waals surface area (Å²) in [5.41, 5.74) is 7.78. The molecule has 0 bridgehead atoms. The summed E-state index contributed by atoms with van der Waals surface area (Å²) in [6.07, 6.45) is 12.6. The Kier molecular flexibility index (Phi) is 6.72. The average molecular weight is 356 g/mol. The number of halogens is 1. The fraction of sp³-hybridized carbons (Fsp3) is 0.300. The largest absolute Gasteiger partial charge is 0.507 e. The van der Waals surface area contributed by atoms with E-state index >= 15 is 0 Å². The van der Waals surface area contributed by atoms with Crippen LogP contribution in [0.4, 0.5) is 10.2 Å². The minimum absolute atomic E-state index is 0.00466. The summed E-state index contributed by atoms with van der Waals surface area (Å²) in [6.45, 7) is 9.01. The number of nitrogens with two attached hydrogens (primary N) is 1. The molecule has 2 aromatic heterocycles. The molecule has 1 unspecified atom stereocenters. The second kappa shape index (κ2) is 8.99. The van der Waals surface area contributed by atoms with Crippen molar-refractivity contribution in [1.29, 1.82) is 0 Å². The number of aliphatic hydroxyl groups excluding tert-OH is 1. The van der Waals surface area contributed by atoms with Crippen molar-refractivity contribution in [2.24, 2.45) is 5.92 Å². The monoisotopic (exact) mass is 356 g/mol. The van der Waals surface area contributed by atoms with Gasteiger partial charge < -0.3 is 10.8 Å². The van der Waals surface area contributed by atoms with E-state index in [0.29, 0.717) is 35.2 Å². The molecule has 0 saturated carbocycles. The van der Waals surface area contributed by atoms with Crippen molar-refractivity contribution in [2.45, 2.75) is 26.2 Å². The molecule has 0 aliphatic heterocycles. The van der Waals surface area contributed by atoms with E-state index < -0.39 is 0 Å². The molecule has 0 aliphatic carbocycles. The minimum Gasteiger partial charge on any atom is -0.507 e. The molecule has 6 heteroatoms. The van der Waals surface area contributed by atoms with Gasteiger partial charge in [-0.25, -0.2) is 4.98 Å². The summed E-state index contributed by atoms with van der Waals surface area (Å²) in [5, 5.41) is 9.90. The van der Waals surface area contributed by atoms with Crippen molar-refractivity contribution in [3.8, 4) is 0 Å². The standard InChI is InChI=1S/C20H25FN4O/c1-4-14(10-11-21)8-7-9-15-12-25-13-17(16(5-2)18(26)6-3)23-20(25)24-19(15)22/h5-7,9,12-14,26H,2-4,8,10-11H2,1H3,(H2,22,23,24)/b9-7+,18-16-. The van der Waals surface area contributed by atoms with Crippen LogP contribution in [0, 0.1) is 5.92 Å². The first-order valence-corrected chi connectivity index (χ1v) is 8.60. The van der Waals surface area contributed by atoms with Gasteiger partial charge in [-0.1, -0.05) is 44.7 Å². The van der Waals surface area contributed by atoms with Crippen molar-refractivity contribution < 1.29 is 9.50 Å². The first kappa shape index (κ1) is 19.4. The highest BCUT2D eigenvalue weighted by molar-refractivity contribution is 5.75. The van der Waals surface area contributed by atoms with Gasteiger partial charge in [-0.15, -0.1) is 0 Å². The predicted octanol–water partition coefficient (Wildman–Crippen LogP) is 4.74. The first-order valence-electron chi connectivity index (χ1n) is 8.60. The van der Waals surface area contributed by atoms with E-state index in [-0.39, 0.29) is 12.4 Å². The molecule has 3 N–H and O–H groups in total. The molecule has 0 amide bonds. The summed E-state index contributed by atoms with van der Waals surface area (Å²) < 4.78 is 14.2.